The first kappa shape index (κ1) is 10.7. The molecule has 0 spiro atoms. The van der Waals surface area contributed by atoms with Crippen molar-refractivity contribution in [1.82, 2.24) is 0 Å². The normalized spacial score (nSPS) is 7.62. The van der Waals surface area contributed by atoms with Crippen molar-refractivity contribution in [3.63, 3.8) is 0 Å². The van der Waals surface area contributed by atoms with Gasteiger partial charge in [0.2, 0.25) is 0 Å². The summed E-state index contributed by atoms with van der Waals surface area (Å²) >= 11 is 5.18. The maximum absolute atomic E-state index is 9.70. The van der Waals surface area contributed by atoms with E-state index in [0.717, 1.165) is 0 Å². The van der Waals surface area contributed by atoms with E-state index >= 15 is 0 Å². The lowest BCUT2D eigenvalue weighted by Crippen LogP contribution is -1.93. The van der Waals surface area contributed by atoms with E-state index in [2.05, 4.69) is 0 Å². The zero-order valence-corrected chi connectivity index (χ0v) is 4.61. The van der Waals surface area contributed by atoms with Gasteiger partial charge < -0.3 is 5.11 Å². The van der Waals surface area contributed by atoms with Gasteiger partial charge in [-0.1, -0.05) is 7.43 Å². The number of carboxylic acids is 1. The monoisotopic (exact) mass is 138 g/mol. The van der Waals surface area contributed by atoms with Gasteiger partial charge in [-0.3, -0.25) is 4.79 Å². The standard InChI is InChI=1S/C4H7ClO2.CH4/c5-3-1-2-4(6)7;/h1-3H2,(H,6,7);1H4. The Balaban J connectivity index is 0. The summed E-state index contributed by atoms with van der Waals surface area (Å²) < 4.78 is 0. The van der Waals surface area contributed by atoms with Crippen LogP contribution in [0.15, 0.2) is 0 Å². The number of rotatable bonds is 3. The molecule has 0 aromatic carbocycles. The molecule has 0 atom stereocenters. The molecule has 0 heterocycles. The van der Waals surface area contributed by atoms with Crippen molar-refractivity contribution in [2.75, 3.05) is 5.88 Å². The van der Waals surface area contributed by atoms with Gasteiger partial charge in [-0.2, -0.15) is 0 Å². The zero-order valence-electron chi connectivity index (χ0n) is 3.85. The maximum atomic E-state index is 9.70. The van der Waals surface area contributed by atoms with Crippen LogP contribution < -0.4 is 0 Å². The molecule has 0 aliphatic rings. The van der Waals surface area contributed by atoms with Crippen LogP contribution in [0, 0.1) is 0 Å². The molecule has 0 aromatic heterocycles. The first-order valence-corrected chi connectivity index (χ1v) is 2.58. The number of alkyl halides is 1. The molecule has 0 saturated carbocycles. The maximum Gasteiger partial charge on any atom is 0.303 e. The minimum absolute atomic E-state index is 0. The van der Waals surface area contributed by atoms with Crippen molar-refractivity contribution in [3.05, 3.63) is 0 Å². The van der Waals surface area contributed by atoms with Crippen LogP contribution in [0.25, 0.3) is 0 Å². The van der Waals surface area contributed by atoms with E-state index in [1.165, 1.54) is 0 Å². The van der Waals surface area contributed by atoms with E-state index in [-0.39, 0.29) is 13.8 Å². The van der Waals surface area contributed by atoms with Crippen molar-refractivity contribution >= 4 is 17.6 Å². The molecule has 0 bridgehead atoms. The Bertz CT molecular complexity index is 63.4. The van der Waals surface area contributed by atoms with Crippen LogP contribution in [0.3, 0.4) is 0 Å². The van der Waals surface area contributed by atoms with Gasteiger partial charge >= 0.3 is 5.97 Å². The Morgan fingerprint density at radius 3 is 2.25 bits per heavy atom. The number of carboxylic acid groups (broad SMARTS) is 1. The Kier molecular flexibility index (Phi) is 9.03. The molecule has 8 heavy (non-hydrogen) atoms. The van der Waals surface area contributed by atoms with Gasteiger partial charge in [0, 0.05) is 12.3 Å². The molecule has 1 N–H and O–H groups in total. The van der Waals surface area contributed by atoms with Crippen molar-refractivity contribution in [2.45, 2.75) is 20.3 Å². The highest BCUT2D eigenvalue weighted by atomic mass is 35.5. The van der Waals surface area contributed by atoms with Gasteiger partial charge in [0.05, 0.1) is 0 Å². The van der Waals surface area contributed by atoms with Crippen LogP contribution in [0.4, 0.5) is 0 Å². The number of hydrogen-bond acceptors (Lipinski definition) is 1. The summed E-state index contributed by atoms with van der Waals surface area (Å²) in [6.45, 7) is 0. The summed E-state index contributed by atoms with van der Waals surface area (Å²) in [7, 11) is 0. The predicted octanol–water partition coefficient (Wildman–Crippen LogP) is 1.73. The first-order chi connectivity index (χ1) is 3.27. The Hall–Kier alpha value is -0.240. The highest BCUT2D eigenvalue weighted by Crippen LogP contribution is 1.89. The molecule has 0 saturated heterocycles. The topological polar surface area (TPSA) is 37.3 Å². The molecule has 3 heteroatoms. The second-order valence-corrected chi connectivity index (χ2v) is 1.56. The third kappa shape index (κ3) is 9.23. The van der Waals surface area contributed by atoms with Crippen molar-refractivity contribution < 1.29 is 9.90 Å². The fourth-order valence-corrected chi connectivity index (χ4v) is 0.352. The van der Waals surface area contributed by atoms with Crippen LogP contribution in [0.5, 0.6) is 0 Å². The SMILES string of the molecule is C.O=C(O)CCCCl. The second kappa shape index (κ2) is 6.76. The van der Waals surface area contributed by atoms with Crippen molar-refractivity contribution in [2.24, 2.45) is 0 Å². The summed E-state index contributed by atoms with van der Waals surface area (Å²) in [6, 6.07) is 0. The second-order valence-electron chi connectivity index (χ2n) is 1.19. The number of halogens is 1. The third-order valence-corrected chi connectivity index (χ3v) is 0.792. The van der Waals surface area contributed by atoms with Crippen LogP contribution in [0.1, 0.15) is 20.3 Å². The highest BCUT2D eigenvalue weighted by Gasteiger charge is 1.91. The van der Waals surface area contributed by atoms with E-state index in [4.69, 9.17) is 16.7 Å². The van der Waals surface area contributed by atoms with Crippen LogP contribution >= 0.6 is 11.6 Å². The van der Waals surface area contributed by atoms with Crippen molar-refractivity contribution in [3.8, 4) is 0 Å². The predicted molar refractivity (Wildman–Crippen MR) is 34.3 cm³/mol. The largest absolute Gasteiger partial charge is 0.481 e. The molecule has 0 rings (SSSR count). The Morgan fingerprint density at radius 2 is 2.12 bits per heavy atom. The van der Waals surface area contributed by atoms with Gasteiger partial charge in [-0.25, -0.2) is 0 Å². The quantitative estimate of drug-likeness (QED) is 0.603. The average molecular weight is 139 g/mol. The fraction of sp³-hybridized carbons (Fsp3) is 0.800. The molecule has 0 aliphatic carbocycles. The molecule has 0 fully saturated rings. The molecular formula is C5H11ClO2. The summed E-state index contributed by atoms with van der Waals surface area (Å²) in [6.07, 6.45) is 0.750. The van der Waals surface area contributed by atoms with Crippen LogP contribution in [-0.4, -0.2) is 17.0 Å². The molecule has 0 unspecified atom stereocenters. The molecule has 0 aromatic rings. The van der Waals surface area contributed by atoms with Gasteiger partial charge in [-0.05, 0) is 6.42 Å². The summed E-state index contributed by atoms with van der Waals surface area (Å²) in [5, 5.41) is 7.99. The summed E-state index contributed by atoms with van der Waals surface area (Å²) in [5.41, 5.74) is 0. The van der Waals surface area contributed by atoms with E-state index in [1.807, 2.05) is 0 Å². The van der Waals surface area contributed by atoms with Gasteiger partial charge in [0.1, 0.15) is 0 Å². The highest BCUT2D eigenvalue weighted by molar-refractivity contribution is 6.17. The molecule has 0 aliphatic heterocycles. The lowest BCUT2D eigenvalue weighted by Gasteiger charge is -1.84. The van der Waals surface area contributed by atoms with Crippen LogP contribution in [0.2, 0.25) is 0 Å². The lowest BCUT2D eigenvalue weighted by molar-refractivity contribution is -0.137. The minimum atomic E-state index is -0.777. The van der Waals surface area contributed by atoms with Gasteiger partial charge in [-0.15, -0.1) is 11.6 Å². The fourth-order valence-electron chi connectivity index (χ4n) is 0.218. The number of aliphatic carboxylic acids is 1. The van der Waals surface area contributed by atoms with Gasteiger partial charge in [0.15, 0.2) is 0 Å². The Labute approximate surface area is 54.5 Å². The molecule has 2 nitrogen and oxygen atoms in total. The van der Waals surface area contributed by atoms with E-state index in [9.17, 15) is 4.79 Å². The van der Waals surface area contributed by atoms with E-state index in [0.29, 0.717) is 12.3 Å². The van der Waals surface area contributed by atoms with Crippen molar-refractivity contribution in [1.29, 1.82) is 0 Å². The average Bonchev–Trinajstić information content (AvgIpc) is 1.61. The number of carbonyl (C=O) groups is 1. The lowest BCUT2D eigenvalue weighted by atomic mass is 10.3. The summed E-state index contributed by atoms with van der Waals surface area (Å²) in [5.74, 6) is -0.340. The minimum Gasteiger partial charge on any atom is -0.481 e. The summed E-state index contributed by atoms with van der Waals surface area (Å²) in [4.78, 5) is 9.70. The molecule has 50 valence electrons. The number of hydrogen-bond donors (Lipinski definition) is 1. The zero-order chi connectivity index (χ0) is 5.70. The van der Waals surface area contributed by atoms with E-state index < -0.39 is 5.97 Å². The van der Waals surface area contributed by atoms with Crippen LogP contribution in [-0.2, 0) is 4.79 Å². The molecule has 0 amide bonds. The molecular weight excluding hydrogens is 128 g/mol. The first-order valence-electron chi connectivity index (χ1n) is 2.05. The third-order valence-electron chi connectivity index (χ3n) is 0.524. The Morgan fingerprint density at radius 1 is 1.62 bits per heavy atom. The van der Waals surface area contributed by atoms with E-state index in [1.54, 1.807) is 0 Å². The van der Waals surface area contributed by atoms with Gasteiger partial charge in [0.25, 0.3) is 0 Å². The molecule has 0 radical (unpaired) electrons. The smallest absolute Gasteiger partial charge is 0.303 e.